The van der Waals surface area contributed by atoms with E-state index in [2.05, 4.69) is 6.92 Å². The van der Waals surface area contributed by atoms with Crippen molar-refractivity contribution in [3.63, 3.8) is 0 Å². The third-order valence-corrected chi connectivity index (χ3v) is 8.11. The summed E-state index contributed by atoms with van der Waals surface area (Å²) in [4.78, 5) is 12.0. The van der Waals surface area contributed by atoms with Gasteiger partial charge in [0, 0.05) is 12.8 Å². The normalized spacial score (nSPS) is 17.8. The lowest BCUT2D eigenvalue weighted by Gasteiger charge is -2.37. The van der Waals surface area contributed by atoms with Crippen molar-refractivity contribution >= 4 is 5.97 Å². The lowest BCUT2D eigenvalue weighted by Crippen LogP contribution is -2.31. The second-order valence-electron chi connectivity index (χ2n) is 12.4. The molecule has 0 amide bonds. The van der Waals surface area contributed by atoms with Crippen molar-refractivity contribution in [3.05, 3.63) is 58.7 Å². The molecule has 0 aliphatic heterocycles. The van der Waals surface area contributed by atoms with Crippen LogP contribution in [0.3, 0.4) is 0 Å². The van der Waals surface area contributed by atoms with Gasteiger partial charge in [0.1, 0.15) is 6.61 Å². The molecule has 0 radical (unpaired) electrons. The minimum atomic E-state index is -2.72. The fraction of sp³-hybridized carbons (Fsp3) is 0.694. The van der Waals surface area contributed by atoms with Gasteiger partial charge >= 0.3 is 5.97 Å². The van der Waals surface area contributed by atoms with Gasteiger partial charge in [0.05, 0.1) is 0 Å². The van der Waals surface area contributed by atoms with Gasteiger partial charge in [-0.05, 0) is 56.3 Å². The highest BCUT2D eigenvalue weighted by Gasteiger charge is 2.42. The monoisotopic (exact) mass is 560 g/mol. The molecule has 0 heterocycles. The second kappa shape index (κ2) is 20.0. The van der Waals surface area contributed by atoms with E-state index in [1.807, 2.05) is 64.2 Å². The fourth-order valence-electron chi connectivity index (χ4n) is 5.16. The van der Waals surface area contributed by atoms with Crippen LogP contribution in [0, 0.1) is 5.41 Å². The molecule has 0 fully saturated rings. The van der Waals surface area contributed by atoms with E-state index in [-0.39, 0.29) is 30.0 Å². The van der Waals surface area contributed by atoms with Crippen molar-refractivity contribution in [1.82, 2.24) is 0 Å². The van der Waals surface area contributed by atoms with Gasteiger partial charge in [-0.1, -0.05) is 139 Å². The van der Waals surface area contributed by atoms with E-state index in [0.717, 1.165) is 29.6 Å². The quantitative estimate of drug-likeness (QED) is 0.0841. The van der Waals surface area contributed by atoms with E-state index in [1.165, 1.54) is 70.6 Å². The number of hydrogen-bond donors (Lipinski definition) is 0. The summed E-state index contributed by atoms with van der Waals surface area (Å²) in [5.41, 5.74) is 2.66. The molecule has 2 nitrogen and oxygen atoms in total. The Balaban J connectivity index is 2.22. The van der Waals surface area contributed by atoms with Gasteiger partial charge in [0.2, 0.25) is 0 Å². The molecule has 0 unspecified atom stereocenters. The van der Waals surface area contributed by atoms with E-state index in [0.29, 0.717) is 12.8 Å². The highest BCUT2D eigenvalue weighted by Crippen LogP contribution is 2.47. The number of esters is 1. The number of rotatable bonds is 20. The first-order valence-electron chi connectivity index (χ1n) is 15.9. The number of ether oxygens (including phenoxy) is 1. The van der Waals surface area contributed by atoms with Crippen LogP contribution in [-0.4, -0.2) is 18.5 Å². The predicted octanol–water partition coefficient (Wildman–Crippen LogP) is 11.8. The maximum absolute atomic E-state index is 14.2. The third kappa shape index (κ3) is 15.7. The van der Waals surface area contributed by atoms with Gasteiger partial charge < -0.3 is 4.74 Å². The zero-order valence-electron chi connectivity index (χ0n) is 26.6. The average molecular weight is 561 g/mol. The summed E-state index contributed by atoms with van der Waals surface area (Å²) in [6.07, 6.45) is 29.2. The molecule has 0 aromatic carbocycles. The molecule has 1 rings (SSSR count). The Bertz CT molecular complexity index is 886. The first kappa shape index (κ1) is 36.1. The van der Waals surface area contributed by atoms with E-state index in [1.54, 1.807) is 6.92 Å². The van der Waals surface area contributed by atoms with E-state index in [9.17, 15) is 13.6 Å². The topological polar surface area (TPSA) is 26.3 Å². The predicted molar refractivity (Wildman–Crippen MR) is 168 cm³/mol. The molecule has 0 aromatic rings. The van der Waals surface area contributed by atoms with Crippen LogP contribution in [0.25, 0.3) is 0 Å². The van der Waals surface area contributed by atoms with Crippen molar-refractivity contribution in [2.75, 3.05) is 6.61 Å². The van der Waals surface area contributed by atoms with Gasteiger partial charge in [0.15, 0.2) is 0 Å². The highest BCUT2D eigenvalue weighted by atomic mass is 19.3. The zero-order valence-corrected chi connectivity index (χ0v) is 26.6. The Morgan fingerprint density at radius 2 is 1.38 bits per heavy atom. The molecule has 0 bridgehead atoms. The molecule has 0 saturated carbocycles. The Morgan fingerprint density at radius 3 is 1.95 bits per heavy atom. The number of unbranched alkanes of at least 4 members (excludes halogenated alkanes) is 12. The first-order valence-corrected chi connectivity index (χ1v) is 15.9. The summed E-state index contributed by atoms with van der Waals surface area (Å²) in [7, 11) is 0. The largest absolute Gasteiger partial charge is 0.461 e. The zero-order chi connectivity index (χ0) is 29.9. The minimum absolute atomic E-state index is 0.0822. The van der Waals surface area contributed by atoms with Crippen LogP contribution in [0.2, 0.25) is 0 Å². The summed E-state index contributed by atoms with van der Waals surface area (Å²) in [6.45, 7) is 12.1. The Morgan fingerprint density at radius 1 is 0.825 bits per heavy atom. The maximum atomic E-state index is 14.2. The van der Waals surface area contributed by atoms with Crippen LogP contribution < -0.4 is 0 Å². The second-order valence-corrected chi connectivity index (χ2v) is 12.4. The summed E-state index contributed by atoms with van der Waals surface area (Å²) in [5, 5.41) is 0. The lowest BCUT2D eigenvalue weighted by atomic mass is 9.71. The van der Waals surface area contributed by atoms with Crippen molar-refractivity contribution < 1.29 is 18.3 Å². The fourth-order valence-corrected chi connectivity index (χ4v) is 5.16. The Labute approximate surface area is 245 Å². The van der Waals surface area contributed by atoms with Crippen LogP contribution in [0.1, 0.15) is 144 Å². The molecular weight excluding hydrogens is 502 g/mol. The summed E-state index contributed by atoms with van der Waals surface area (Å²) >= 11 is 0. The Kier molecular flexibility index (Phi) is 18.0. The van der Waals surface area contributed by atoms with Gasteiger partial charge in [-0.2, -0.15) is 0 Å². The molecule has 0 saturated heterocycles. The van der Waals surface area contributed by atoms with Crippen LogP contribution in [0.5, 0.6) is 0 Å². The van der Waals surface area contributed by atoms with Gasteiger partial charge in [0.25, 0.3) is 5.92 Å². The number of carbonyl (C=O) groups excluding carboxylic acids is 1. The minimum Gasteiger partial charge on any atom is -0.461 e. The van der Waals surface area contributed by atoms with Crippen LogP contribution in [0.4, 0.5) is 8.78 Å². The van der Waals surface area contributed by atoms with Crippen LogP contribution in [0.15, 0.2) is 58.7 Å². The molecule has 0 atom stereocenters. The molecule has 0 aromatic heterocycles. The molecule has 0 N–H and O–H groups in total. The van der Waals surface area contributed by atoms with Gasteiger partial charge in [-0.25, -0.2) is 8.78 Å². The number of halogens is 2. The number of allylic oxidation sites excluding steroid dienone is 9. The maximum Gasteiger partial charge on any atom is 0.306 e. The molecule has 0 spiro atoms. The van der Waals surface area contributed by atoms with Gasteiger partial charge in [-0.15, -0.1) is 0 Å². The molecule has 4 heteroatoms. The number of hydrogen-bond acceptors (Lipinski definition) is 2. The average Bonchev–Trinajstić information content (AvgIpc) is 2.89. The van der Waals surface area contributed by atoms with Crippen molar-refractivity contribution in [1.29, 1.82) is 0 Å². The van der Waals surface area contributed by atoms with E-state index in [4.69, 9.17) is 4.74 Å². The van der Waals surface area contributed by atoms with Crippen molar-refractivity contribution in [3.8, 4) is 0 Å². The number of carbonyl (C=O) groups is 1. The molecule has 1 aliphatic rings. The smallest absolute Gasteiger partial charge is 0.306 e. The molecule has 1 aliphatic carbocycles. The Hall–Kier alpha value is -1.97. The van der Waals surface area contributed by atoms with Crippen LogP contribution in [-0.2, 0) is 9.53 Å². The molecule has 228 valence electrons. The van der Waals surface area contributed by atoms with Crippen molar-refractivity contribution in [2.45, 2.75) is 150 Å². The summed E-state index contributed by atoms with van der Waals surface area (Å²) < 4.78 is 33.7. The number of alkyl halides is 2. The van der Waals surface area contributed by atoms with Gasteiger partial charge in [-0.3, -0.25) is 4.79 Å². The molecular formula is C36H58F2O2. The van der Waals surface area contributed by atoms with E-state index < -0.39 is 5.92 Å². The molecule has 40 heavy (non-hydrogen) atoms. The third-order valence-electron chi connectivity index (χ3n) is 8.11. The van der Waals surface area contributed by atoms with Crippen LogP contribution >= 0.6 is 0 Å². The SMILES string of the molecule is CCCCCCCCCCCCCCCC(=O)OC/C=C(C)/C=C/C=C(C)/C=C/C1=C(C)C(F)(F)CCC1(C)C. The highest BCUT2D eigenvalue weighted by molar-refractivity contribution is 5.69. The summed E-state index contributed by atoms with van der Waals surface area (Å²) in [6, 6.07) is 0. The first-order chi connectivity index (χ1) is 19.0. The lowest BCUT2D eigenvalue weighted by molar-refractivity contribution is -0.142. The summed E-state index contributed by atoms with van der Waals surface area (Å²) in [5.74, 6) is -2.84. The standard InChI is InChI=1S/C36H58F2O2/c1-7-8-9-10-11-12-13-14-15-16-17-18-19-23-34(39)40-29-26-31(3)22-20-21-30(2)24-25-33-32(4)36(37,38)28-27-35(33,5)6/h20-22,24-26H,7-19,23,27-29H2,1-6H3/b22-20+,25-24+,30-21+,31-26+. The van der Waals surface area contributed by atoms with E-state index >= 15 is 0 Å². The van der Waals surface area contributed by atoms with Crippen molar-refractivity contribution in [2.24, 2.45) is 5.41 Å².